The van der Waals surface area contributed by atoms with Crippen LogP contribution >= 0.6 is 23.2 Å². The van der Waals surface area contributed by atoms with Gasteiger partial charge in [0.05, 0.1) is 5.56 Å². The monoisotopic (exact) mass is 194 g/mol. The number of hydrogen-bond acceptors (Lipinski definition) is 3. The lowest BCUT2D eigenvalue weighted by Crippen LogP contribution is -1.96. The molecule has 11 heavy (non-hydrogen) atoms. The van der Waals surface area contributed by atoms with E-state index in [-0.39, 0.29) is 15.9 Å². The highest BCUT2D eigenvalue weighted by Crippen LogP contribution is 2.17. The largest absolute Gasteiger partial charge is 0.311 e. The topological polar surface area (TPSA) is 42.9 Å². The van der Waals surface area contributed by atoms with Crippen molar-refractivity contribution in [3.63, 3.8) is 0 Å². The molecule has 0 atom stereocenters. The van der Waals surface area contributed by atoms with Crippen LogP contribution in [0, 0.1) is 6.08 Å². The van der Waals surface area contributed by atoms with E-state index in [2.05, 4.69) is 9.97 Å². The summed E-state index contributed by atoms with van der Waals surface area (Å²) in [6.45, 7) is 0. The van der Waals surface area contributed by atoms with Crippen molar-refractivity contribution in [2.45, 2.75) is 0 Å². The van der Waals surface area contributed by atoms with E-state index >= 15 is 0 Å². The predicted octanol–water partition coefficient (Wildman–Crippen LogP) is 1.73. The van der Waals surface area contributed by atoms with E-state index < -0.39 is 6.08 Å². The van der Waals surface area contributed by atoms with Gasteiger partial charge in [-0.2, -0.15) is 14.4 Å². The molecule has 1 aromatic heterocycles. The lowest BCUT2D eigenvalue weighted by atomic mass is 10.4. The van der Waals surface area contributed by atoms with Crippen molar-refractivity contribution in [3.05, 3.63) is 21.9 Å². The third kappa shape index (κ3) is 1.64. The summed E-state index contributed by atoms with van der Waals surface area (Å²) < 4.78 is 12.2. The van der Waals surface area contributed by atoms with Gasteiger partial charge in [-0.1, -0.05) is 23.2 Å². The Morgan fingerprint density at radius 1 is 1.27 bits per heavy atom. The van der Waals surface area contributed by atoms with Crippen LogP contribution in [0.1, 0.15) is 10.4 Å². The second-order valence-corrected chi connectivity index (χ2v) is 2.32. The van der Waals surface area contributed by atoms with E-state index in [4.69, 9.17) is 23.2 Å². The molecule has 6 heteroatoms. The molecule has 0 aromatic carbocycles. The third-order valence-corrected chi connectivity index (χ3v) is 1.52. The zero-order valence-corrected chi connectivity index (χ0v) is 6.53. The highest BCUT2D eigenvalue weighted by atomic mass is 35.5. The molecule has 0 unspecified atom stereocenters. The van der Waals surface area contributed by atoms with Gasteiger partial charge in [-0.3, -0.25) is 4.79 Å². The number of aromatic nitrogens is 2. The first-order chi connectivity index (χ1) is 5.15. The molecule has 0 aliphatic heterocycles. The Labute approximate surface area is 71.2 Å². The molecular weight excluding hydrogens is 194 g/mol. The van der Waals surface area contributed by atoms with Crippen molar-refractivity contribution >= 4 is 29.5 Å². The van der Waals surface area contributed by atoms with Crippen LogP contribution in [0.5, 0.6) is 0 Å². The molecule has 0 N–H and O–H groups in total. The molecule has 0 aliphatic rings. The molecule has 0 fully saturated rings. The van der Waals surface area contributed by atoms with E-state index in [1.54, 1.807) is 0 Å². The van der Waals surface area contributed by atoms with E-state index in [1.165, 1.54) is 0 Å². The Bertz CT molecular complexity index is 282. The summed E-state index contributed by atoms with van der Waals surface area (Å²) in [6.07, 6.45) is -0.685. The van der Waals surface area contributed by atoms with Crippen molar-refractivity contribution in [3.8, 4) is 0 Å². The fourth-order valence-electron chi connectivity index (χ4n) is 0.490. The lowest BCUT2D eigenvalue weighted by Gasteiger charge is -1.95. The average Bonchev–Trinajstić information content (AvgIpc) is 1.85. The van der Waals surface area contributed by atoms with Gasteiger partial charge >= 0.3 is 6.08 Å². The van der Waals surface area contributed by atoms with Gasteiger partial charge in [0.15, 0.2) is 6.29 Å². The molecule has 0 saturated carbocycles. The van der Waals surface area contributed by atoms with Crippen LogP contribution in [-0.2, 0) is 0 Å². The number of carbonyl (C=O) groups is 1. The Morgan fingerprint density at radius 2 is 1.73 bits per heavy atom. The van der Waals surface area contributed by atoms with Crippen molar-refractivity contribution in [2.75, 3.05) is 0 Å². The standard InChI is InChI=1S/C5HCl2FN2O/c6-3-2(1-11)4(7)10-5(8)9-3/h1H. The summed E-state index contributed by atoms with van der Waals surface area (Å²) in [6, 6.07) is 0. The lowest BCUT2D eigenvalue weighted by molar-refractivity contribution is 0.112. The van der Waals surface area contributed by atoms with Crippen molar-refractivity contribution in [1.82, 2.24) is 9.97 Å². The molecule has 3 nitrogen and oxygen atoms in total. The van der Waals surface area contributed by atoms with Crippen LogP contribution in [0.2, 0.25) is 10.3 Å². The van der Waals surface area contributed by atoms with Gasteiger partial charge in [-0.15, -0.1) is 0 Å². The fourth-order valence-corrected chi connectivity index (χ4v) is 0.946. The molecule has 0 bridgehead atoms. The fraction of sp³-hybridized carbons (Fsp3) is 0. The van der Waals surface area contributed by atoms with Gasteiger partial charge in [-0.05, 0) is 0 Å². The summed E-state index contributed by atoms with van der Waals surface area (Å²) in [4.78, 5) is 16.3. The summed E-state index contributed by atoms with van der Waals surface area (Å²) in [5.74, 6) is 0. The van der Waals surface area contributed by atoms with Gasteiger partial charge in [0.25, 0.3) is 0 Å². The zero-order valence-electron chi connectivity index (χ0n) is 5.01. The molecule has 0 saturated heterocycles. The highest BCUT2D eigenvalue weighted by molar-refractivity contribution is 6.36. The second kappa shape index (κ2) is 3.11. The molecule has 58 valence electrons. The van der Waals surface area contributed by atoms with E-state index in [9.17, 15) is 9.18 Å². The number of rotatable bonds is 1. The summed E-state index contributed by atoms with van der Waals surface area (Å²) >= 11 is 10.7. The molecule has 1 aromatic rings. The Hall–Kier alpha value is -0.740. The minimum absolute atomic E-state index is 0.102. The SMILES string of the molecule is O=Cc1c(Cl)nc(F)nc1Cl. The zero-order chi connectivity index (χ0) is 8.43. The molecule has 0 amide bonds. The maximum absolute atomic E-state index is 12.2. The van der Waals surface area contributed by atoms with Crippen LogP contribution in [0.3, 0.4) is 0 Å². The van der Waals surface area contributed by atoms with E-state index in [0.717, 1.165) is 0 Å². The Balaban J connectivity index is 3.36. The molecule has 0 radical (unpaired) electrons. The Morgan fingerprint density at radius 3 is 2.09 bits per heavy atom. The minimum atomic E-state index is -1.05. The van der Waals surface area contributed by atoms with Gasteiger partial charge in [0.2, 0.25) is 0 Å². The second-order valence-electron chi connectivity index (χ2n) is 1.61. The molecule has 1 rings (SSSR count). The van der Waals surface area contributed by atoms with Crippen LogP contribution in [0.4, 0.5) is 4.39 Å². The third-order valence-electron chi connectivity index (χ3n) is 0.943. The van der Waals surface area contributed by atoms with Gasteiger partial charge in [-0.25, -0.2) is 0 Å². The van der Waals surface area contributed by atoms with Crippen molar-refractivity contribution in [2.24, 2.45) is 0 Å². The number of hydrogen-bond donors (Lipinski definition) is 0. The van der Waals surface area contributed by atoms with Crippen molar-refractivity contribution < 1.29 is 9.18 Å². The van der Waals surface area contributed by atoms with Crippen molar-refractivity contribution in [1.29, 1.82) is 0 Å². The number of nitrogens with zero attached hydrogens (tertiary/aromatic N) is 2. The molecular formula is C5HCl2FN2O. The van der Waals surface area contributed by atoms with Gasteiger partial charge in [0.1, 0.15) is 10.3 Å². The number of aldehydes is 1. The van der Waals surface area contributed by atoms with Crippen LogP contribution in [0.25, 0.3) is 0 Å². The van der Waals surface area contributed by atoms with E-state index in [1.807, 2.05) is 0 Å². The average molecular weight is 195 g/mol. The molecule has 0 spiro atoms. The van der Waals surface area contributed by atoms with Crippen LogP contribution in [0.15, 0.2) is 0 Å². The maximum atomic E-state index is 12.2. The normalized spacial score (nSPS) is 9.73. The molecule has 0 aliphatic carbocycles. The first kappa shape index (κ1) is 8.36. The quantitative estimate of drug-likeness (QED) is 0.389. The number of halogens is 3. The smallest absolute Gasteiger partial charge is 0.298 e. The number of carbonyl (C=O) groups excluding carboxylic acids is 1. The summed E-state index contributed by atoms with van der Waals surface area (Å²) in [5.41, 5.74) is -0.102. The predicted molar refractivity (Wildman–Crippen MR) is 37.4 cm³/mol. The first-order valence-corrected chi connectivity index (χ1v) is 3.24. The Kier molecular flexibility index (Phi) is 2.36. The first-order valence-electron chi connectivity index (χ1n) is 2.49. The van der Waals surface area contributed by atoms with E-state index in [0.29, 0.717) is 6.29 Å². The summed E-state index contributed by atoms with van der Waals surface area (Å²) in [5, 5.41) is -0.560. The highest BCUT2D eigenvalue weighted by Gasteiger charge is 2.09. The molecule has 1 heterocycles. The maximum Gasteiger partial charge on any atom is 0.311 e. The summed E-state index contributed by atoms with van der Waals surface area (Å²) in [7, 11) is 0. The van der Waals surface area contributed by atoms with Gasteiger partial charge < -0.3 is 0 Å². The van der Waals surface area contributed by atoms with Crippen LogP contribution in [-0.4, -0.2) is 16.3 Å². The minimum Gasteiger partial charge on any atom is -0.298 e. The van der Waals surface area contributed by atoms with Crippen LogP contribution < -0.4 is 0 Å². The van der Waals surface area contributed by atoms with Gasteiger partial charge in [0, 0.05) is 0 Å².